The van der Waals surface area contributed by atoms with E-state index in [9.17, 15) is 4.79 Å². The quantitative estimate of drug-likeness (QED) is 0.450. The van der Waals surface area contributed by atoms with Gasteiger partial charge in [0.1, 0.15) is 6.33 Å². The van der Waals surface area contributed by atoms with Crippen molar-refractivity contribution in [2.75, 3.05) is 27.2 Å². The number of carbonyl (C=O) groups is 1. The fourth-order valence-electron chi connectivity index (χ4n) is 5.41. The molecule has 0 radical (unpaired) electrons. The van der Waals surface area contributed by atoms with E-state index in [1.165, 1.54) is 0 Å². The van der Waals surface area contributed by atoms with E-state index in [0.717, 1.165) is 63.9 Å². The van der Waals surface area contributed by atoms with Crippen LogP contribution in [0.4, 0.5) is 0 Å². The Kier molecular flexibility index (Phi) is 5.22. The van der Waals surface area contributed by atoms with Gasteiger partial charge in [-0.15, -0.1) is 0 Å². The number of piperazine rings is 1. The highest BCUT2D eigenvalue weighted by molar-refractivity contribution is 6.00. The molecule has 2 aliphatic heterocycles. The number of likely N-dealkylation sites (tertiary alicyclic amines) is 2. The Morgan fingerprint density at radius 3 is 2.49 bits per heavy atom. The lowest BCUT2D eigenvalue weighted by Gasteiger charge is -2.32. The van der Waals surface area contributed by atoms with Gasteiger partial charge in [-0.25, -0.2) is 15.0 Å². The summed E-state index contributed by atoms with van der Waals surface area (Å²) in [5.74, 6) is 0.696. The third-order valence-electron chi connectivity index (χ3n) is 7.43. The Hall–Kier alpha value is -3.84. The van der Waals surface area contributed by atoms with Gasteiger partial charge in [0.25, 0.3) is 5.91 Å². The molecule has 2 fully saturated rings. The number of hydrogen-bond acceptors (Lipinski definition) is 6. The lowest BCUT2D eigenvalue weighted by molar-refractivity contribution is 0.0650. The first-order chi connectivity index (χ1) is 17.0. The predicted octanol–water partition coefficient (Wildman–Crippen LogP) is 4.20. The van der Waals surface area contributed by atoms with Crippen molar-refractivity contribution in [3.63, 3.8) is 0 Å². The number of rotatable bonds is 4. The summed E-state index contributed by atoms with van der Waals surface area (Å²) in [5.41, 5.74) is 6.32. The van der Waals surface area contributed by atoms with Crippen LogP contribution in [-0.2, 0) is 0 Å². The zero-order valence-electron chi connectivity index (χ0n) is 20.1. The van der Waals surface area contributed by atoms with E-state index in [1.807, 2.05) is 49.4 Å². The SMILES string of the molecule is COc1ccc(-c2ccc3ncnc(-c4ccc(C)c(C(=O)N5CC6CC5CN6C)c4)c3c2)cn1. The lowest BCUT2D eigenvalue weighted by atomic mass is 9.98. The molecule has 2 aliphatic rings. The lowest BCUT2D eigenvalue weighted by Crippen LogP contribution is -2.47. The second kappa shape index (κ2) is 8.43. The number of likely N-dealkylation sites (N-methyl/N-ethyl adjacent to an activating group) is 1. The number of aromatic nitrogens is 3. The van der Waals surface area contributed by atoms with Gasteiger partial charge in [-0.1, -0.05) is 18.2 Å². The third kappa shape index (κ3) is 3.72. The Bertz CT molecular complexity index is 1430. The van der Waals surface area contributed by atoms with E-state index in [0.29, 0.717) is 18.0 Å². The number of fused-ring (bicyclic) bond motifs is 3. The molecule has 7 heteroatoms. The van der Waals surface area contributed by atoms with Gasteiger partial charge in [0, 0.05) is 59.5 Å². The van der Waals surface area contributed by atoms with Crippen molar-refractivity contribution in [1.29, 1.82) is 0 Å². The predicted molar refractivity (Wildman–Crippen MR) is 135 cm³/mol. The fourth-order valence-corrected chi connectivity index (χ4v) is 5.41. The van der Waals surface area contributed by atoms with E-state index < -0.39 is 0 Å². The normalized spacial score (nSPS) is 19.5. The maximum atomic E-state index is 13.6. The highest BCUT2D eigenvalue weighted by Crippen LogP contribution is 2.34. The minimum Gasteiger partial charge on any atom is -0.481 e. The van der Waals surface area contributed by atoms with Crippen LogP contribution < -0.4 is 4.74 Å². The van der Waals surface area contributed by atoms with E-state index in [4.69, 9.17) is 4.74 Å². The highest BCUT2D eigenvalue weighted by Gasteiger charge is 2.43. The van der Waals surface area contributed by atoms with E-state index in [2.05, 4.69) is 37.9 Å². The molecule has 7 nitrogen and oxygen atoms in total. The smallest absolute Gasteiger partial charge is 0.254 e. The van der Waals surface area contributed by atoms with Gasteiger partial charge in [-0.05, 0) is 55.8 Å². The molecule has 0 N–H and O–H groups in total. The fraction of sp³-hybridized carbons (Fsp3) is 0.286. The molecule has 4 heterocycles. The molecule has 1 amide bonds. The van der Waals surface area contributed by atoms with Crippen molar-refractivity contribution in [3.8, 4) is 28.3 Å². The largest absolute Gasteiger partial charge is 0.481 e. The van der Waals surface area contributed by atoms with Crippen molar-refractivity contribution in [1.82, 2.24) is 24.8 Å². The van der Waals surface area contributed by atoms with Crippen LogP contribution in [0.25, 0.3) is 33.3 Å². The van der Waals surface area contributed by atoms with Crippen molar-refractivity contribution in [2.45, 2.75) is 25.4 Å². The summed E-state index contributed by atoms with van der Waals surface area (Å²) in [6, 6.07) is 16.8. The minimum absolute atomic E-state index is 0.119. The molecule has 0 spiro atoms. The standard InChI is InChI=1S/C28H27N5O2/c1-17-4-5-19(11-23(17)28(34)33-15-21-12-22(33)14-32(21)2)27-24-10-18(6-8-25(24)30-16-31-27)20-7-9-26(35-3)29-13-20/h4-11,13,16,21-22H,12,14-15H2,1-3H3. The topological polar surface area (TPSA) is 71.5 Å². The summed E-state index contributed by atoms with van der Waals surface area (Å²) in [4.78, 5) is 31.4. The van der Waals surface area contributed by atoms with Crippen molar-refractivity contribution < 1.29 is 9.53 Å². The maximum absolute atomic E-state index is 13.6. The number of pyridine rings is 1. The Labute approximate surface area is 204 Å². The average Bonchev–Trinajstić information content (AvgIpc) is 3.48. The molecule has 2 aromatic heterocycles. The van der Waals surface area contributed by atoms with Crippen LogP contribution in [0.5, 0.6) is 5.88 Å². The van der Waals surface area contributed by atoms with Crippen LogP contribution >= 0.6 is 0 Å². The molecule has 35 heavy (non-hydrogen) atoms. The number of hydrogen-bond donors (Lipinski definition) is 0. The molecular formula is C28H27N5O2. The summed E-state index contributed by atoms with van der Waals surface area (Å²) < 4.78 is 5.19. The molecule has 6 rings (SSSR count). The molecule has 2 aromatic carbocycles. The van der Waals surface area contributed by atoms with Crippen LogP contribution in [0.15, 0.2) is 61.1 Å². The molecule has 176 valence electrons. The van der Waals surface area contributed by atoms with Crippen LogP contribution in [0, 0.1) is 6.92 Å². The van der Waals surface area contributed by atoms with Crippen LogP contribution in [0.2, 0.25) is 0 Å². The van der Waals surface area contributed by atoms with Crippen molar-refractivity contribution >= 4 is 16.8 Å². The number of amides is 1. The molecule has 2 bridgehead atoms. The minimum atomic E-state index is 0.119. The first-order valence-electron chi connectivity index (χ1n) is 11.9. The van der Waals surface area contributed by atoms with E-state index >= 15 is 0 Å². The monoisotopic (exact) mass is 465 g/mol. The Balaban J connectivity index is 1.39. The Morgan fingerprint density at radius 1 is 0.943 bits per heavy atom. The first kappa shape index (κ1) is 21.7. The number of carbonyl (C=O) groups excluding carboxylic acids is 1. The van der Waals surface area contributed by atoms with E-state index in [1.54, 1.807) is 19.6 Å². The first-order valence-corrected chi connectivity index (χ1v) is 11.9. The Morgan fingerprint density at radius 2 is 1.77 bits per heavy atom. The number of nitrogens with zero attached hydrogens (tertiary/aromatic N) is 5. The van der Waals surface area contributed by atoms with E-state index in [-0.39, 0.29) is 5.91 Å². The van der Waals surface area contributed by atoms with Gasteiger partial charge >= 0.3 is 0 Å². The van der Waals surface area contributed by atoms with Gasteiger partial charge in [-0.2, -0.15) is 0 Å². The van der Waals surface area contributed by atoms with Crippen LogP contribution in [-0.4, -0.2) is 70.0 Å². The number of benzene rings is 2. The van der Waals surface area contributed by atoms with Gasteiger partial charge in [0.05, 0.1) is 18.3 Å². The zero-order chi connectivity index (χ0) is 24.1. The van der Waals surface area contributed by atoms with Gasteiger partial charge in [-0.3, -0.25) is 9.69 Å². The summed E-state index contributed by atoms with van der Waals surface area (Å²) in [5, 5.41) is 0.935. The maximum Gasteiger partial charge on any atom is 0.254 e. The van der Waals surface area contributed by atoms with Crippen LogP contribution in [0.1, 0.15) is 22.3 Å². The second-order valence-corrected chi connectivity index (χ2v) is 9.51. The number of aryl methyl sites for hydroxylation is 1. The summed E-state index contributed by atoms with van der Waals surface area (Å²) in [7, 11) is 3.75. The average molecular weight is 466 g/mol. The number of methoxy groups -OCH3 is 1. The van der Waals surface area contributed by atoms with Gasteiger partial charge < -0.3 is 9.64 Å². The highest BCUT2D eigenvalue weighted by atomic mass is 16.5. The molecule has 0 saturated carbocycles. The van der Waals surface area contributed by atoms with Gasteiger partial charge in [0.2, 0.25) is 5.88 Å². The zero-order valence-corrected chi connectivity index (χ0v) is 20.1. The molecule has 2 saturated heterocycles. The van der Waals surface area contributed by atoms with Crippen molar-refractivity contribution in [2.24, 2.45) is 0 Å². The van der Waals surface area contributed by atoms with Gasteiger partial charge in [0.15, 0.2) is 0 Å². The molecular weight excluding hydrogens is 438 g/mol. The molecule has 2 unspecified atom stereocenters. The molecule has 4 aromatic rings. The second-order valence-electron chi connectivity index (χ2n) is 9.51. The molecule has 0 aliphatic carbocycles. The summed E-state index contributed by atoms with van der Waals surface area (Å²) in [6.07, 6.45) is 4.46. The van der Waals surface area contributed by atoms with Crippen molar-refractivity contribution in [3.05, 3.63) is 72.2 Å². The molecule has 2 atom stereocenters. The number of ether oxygens (including phenoxy) is 1. The summed E-state index contributed by atoms with van der Waals surface area (Å²) >= 11 is 0. The third-order valence-corrected chi connectivity index (χ3v) is 7.43. The summed E-state index contributed by atoms with van der Waals surface area (Å²) in [6.45, 7) is 3.76. The van der Waals surface area contributed by atoms with Crippen LogP contribution in [0.3, 0.4) is 0 Å².